The normalized spacial score (nSPS) is 17.1. The summed E-state index contributed by atoms with van der Waals surface area (Å²) < 4.78 is 5.56. The lowest BCUT2D eigenvalue weighted by Crippen LogP contribution is -2.39. The molecule has 0 saturated heterocycles. The molecule has 4 nitrogen and oxygen atoms in total. The summed E-state index contributed by atoms with van der Waals surface area (Å²) in [7, 11) is 0. The second kappa shape index (κ2) is 6.86. The Kier molecular flexibility index (Phi) is 5.36. The molecule has 6 heteroatoms. The van der Waals surface area contributed by atoms with E-state index in [0.29, 0.717) is 22.3 Å². The average Bonchev–Trinajstić information content (AvgIpc) is 3.20. The summed E-state index contributed by atoms with van der Waals surface area (Å²) in [6, 6.07) is 4.87. The van der Waals surface area contributed by atoms with E-state index in [2.05, 4.69) is 5.32 Å². The lowest BCUT2D eigenvalue weighted by Gasteiger charge is -2.19. The number of carbonyl (C=O) groups excluding carboxylic acids is 1. The molecular weight excluding hydrogens is 313 g/mol. The fourth-order valence-corrected chi connectivity index (χ4v) is 2.62. The zero-order chi connectivity index (χ0) is 15.5. The largest absolute Gasteiger partial charge is 0.479 e. The second-order valence-electron chi connectivity index (χ2n) is 5.53. The summed E-state index contributed by atoms with van der Waals surface area (Å²) in [4.78, 5) is 12.0. The van der Waals surface area contributed by atoms with Gasteiger partial charge in [0.2, 0.25) is 0 Å². The molecule has 2 rings (SSSR count). The minimum Gasteiger partial charge on any atom is -0.479 e. The Morgan fingerprint density at radius 2 is 2.19 bits per heavy atom. The first-order valence-electron chi connectivity index (χ1n) is 6.96. The number of halogens is 2. The maximum absolute atomic E-state index is 12.0. The molecule has 1 amide bonds. The second-order valence-corrected chi connectivity index (χ2v) is 6.37. The van der Waals surface area contributed by atoms with Gasteiger partial charge < -0.3 is 15.2 Å². The molecule has 1 fully saturated rings. The minimum absolute atomic E-state index is 0.0854. The van der Waals surface area contributed by atoms with E-state index in [1.807, 2.05) is 0 Å². The van der Waals surface area contributed by atoms with Gasteiger partial charge in [-0.05, 0) is 49.8 Å². The van der Waals surface area contributed by atoms with E-state index in [1.165, 1.54) is 0 Å². The summed E-state index contributed by atoms with van der Waals surface area (Å²) in [6.07, 6.45) is 2.18. The van der Waals surface area contributed by atoms with Crippen LogP contribution in [0.15, 0.2) is 18.2 Å². The Bertz CT molecular complexity index is 518. The number of aliphatic hydroxyl groups excluding tert-OH is 1. The van der Waals surface area contributed by atoms with E-state index in [-0.39, 0.29) is 17.9 Å². The van der Waals surface area contributed by atoms with Crippen molar-refractivity contribution < 1.29 is 14.6 Å². The minimum atomic E-state index is -0.645. The third-order valence-electron chi connectivity index (χ3n) is 3.80. The van der Waals surface area contributed by atoms with Gasteiger partial charge in [-0.2, -0.15) is 0 Å². The van der Waals surface area contributed by atoms with Crippen LogP contribution < -0.4 is 10.1 Å². The number of amides is 1. The predicted octanol–water partition coefficient (Wildman–Crippen LogP) is 3.04. The van der Waals surface area contributed by atoms with Crippen LogP contribution in [0, 0.1) is 5.41 Å². The van der Waals surface area contributed by atoms with Gasteiger partial charge >= 0.3 is 0 Å². The number of hydrogen-bond acceptors (Lipinski definition) is 3. The van der Waals surface area contributed by atoms with Gasteiger partial charge in [0.05, 0.1) is 5.02 Å². The molecule has 1 aliphatic rings. The predicted molar refractivity (Wildman–Crippen MR) is 82.9 cm³/mol. The molecule has 0 bridgehead atoms. The SMILES string of the molecule is CC(Oc1ccc(Cl)cc1Cl)C(=O)NCC1(CCO)CC1. The highest BCUT2D eigenvalue weighted by Crippen LogP contribution is 2.47. The average molecular weight is 332 g/mol. The van der Waals surface area contributed by atoms with Crippen molar-refractivity contribution in [1.29, 1.82) is 0 Å². The Morgan fingerprint density at radius 3 is 2.76 bits per heavy atom. The molecule has 0 aromatic heterocycles. The maximum Gasteiger partial charge on any atom is 0.260 e. The molecule has 21 heavy (non-hydrogen) atoms. The number of rotatable bonds is 7. The Balaban J connectivity index is 1.85. The summed E-state index contributed by atoms with van der Waals surface area (Å²) >= 11 is 11.8. The highest BCUT2D eigenvalue weighted by molar-refractivity contribution is 6.35. The number of aliphatic hydroxyl groups is 1. The Hall–Kier alpha value is -0.970. The zero-order valence-corrected chi connectivity index (χ0v) is 13.4. The monoisotopic (exact) mass is 331 g/mol. The molecule has 0 spiro atoms. The fraction of sp³-hybridized carbons (Fsp3) is 0.533. The van der Waals surface area contributed by atoms with Crippen molar-refractivity contribution in [1.82, 2.24) is 5.32 Å². The van der Waals surface area contributed by atoms with E-state index >= 15 is 0 Å². The number of ether oxygens (including phenoxy) is 1. The van der Waals surface area contributed by atoms with Crippen molar-refractivity contribution in [2.24, 2.45) is 5.41 Å². The third kappa shape index (κ3) is 4.50. The van der Waals surface area contributed by atoms with Gasteiger partial charge in [0, 0.05) is 18.2 Å². The van der Waals surface area contributed by atoms with Crippen molar-refractivity contribution in [3.8, 4) is 5.75 Å². The molecule has 2 N–H and O–H groups in total. The van der Waals surface area contributed by atoms with Crippen LogP contribution in [0.4, 0.5) is 0 Å². The highest BCUT2D eigenvalue weighted by atomic mass is 35.5. The number of hydrogen-bond donors (Lipinski definition) is 2. The van der Waals surface area contributed by atoms with Crippen molar-refractivity contribution in [2.75, 3.05) is 13.2 Å². The first kappa shape index (κ1) is 16.4. The molecule has 1 aromatic carbocycles. The Labute approximate surface area is 134 Å². The molecule has 116 valence electrons. The van der Waals surface area contributed by atoms with Gasteiger partial charge in [-0.3, -0.25) is 4.79 Å². The molecular formula is C15H19Cl2NO3. The first-order chi connectivity index (χ1) is 9.96. The van der Waals surface area contributed by atoms with E-state index in [1.54, 1.807) is 25.1 Å². The quantitative estimate of drug-likeness (QED) is 0.807. The molecule has 1 saturated carbocycles. The number of benzene rings is 1. The summed E-state index contributed by atoms with van der Waals surface area (Å²) in [5.41, 5.74) is 0.0854. The van der Waals surface area contributed by atoms with Crippen molar-refractivity contribution in [2.45, 2.75) is 32.3 Å². The Morgan fingerprint density at radius 1 is 1.48 bits per heavy atom. The van der Waals surface area contributed by atoms with Crippen molar-refractivity contribution in [3.63, 3.8) is 0 Å². The molecule has 1 aliphatic carbocycles. The number of carbonyl (C=O) groups is 1. The summed E-state index contributed by atoms with van der Waals surface area (Å²) in [5.74, 6) is 0.241. The molecule has 1 unspecified atom stereocenters. The molecule has 1 aromatic rings. The third-order valence-corrected chi connectivity index (χ3v) is 4.33. The summed E-state index contributed by atoms with van der Waals surface area (Å²) in [5, 5.41) is 12.8. The smallest absolute Gasteiger partial charge is 0.260 e. The van der Waals surface area contributed by atoms with E-state index in [9.17, 15) is 4.79 Å². The summed E-state index contributed by atoms with van der Waals surface area (Å²) in [6.45, 7) is 2.41. The molecule has 0 radical (unpaired) electrons. The first-order valence-corrected chi connectivity index (χ1v) is 7.72. The lowest BCUT2D eigenvalue weighted by molar-refractivity contribution is -0.127. The van der Waals surface area contributed by atoms with E-state index in [0.717, 1.165) is 19.3 Å². The van der Waals surface area contributed by atoms with Crippen LogP contribution in [0.5, 0.6) is 5.75 Å². The van der Waals surface area contributed by atoms with E-state index < -0.39 is 6.10 Å². The van der Waals surface area contributed by atoms with Crippen LogP contribution in [-0.2, 0) is 4.79 Å². The topological polar surface area (TPSA) is 58.6 Å². The van der Waals surface area contributed by atoms with Gasteiger partial charge in [-0.15, -0.1) is 0 Å². The van der Waals surface area contributed by atoms with Gasteiger partial charge in [0.25, 0.3) is 5.91 Å². The number of nitrogens with one attached hydrogen (secondary N) is 1. The van der Waals surface area contributed by atoms with Crippen molar-refractivity contribution in [3.05, 3.63) is 28.2 Å². The van der Waals surface area contributed by atoms with Crippen LogP contribution in [-0.4, -0.2) is 30.3 Å². The highest BCUT2D eigenvalue weighted by Gasteiger charge is 2.42. The van der Waals surface area contributed by atoms with Gasteiger partial charge in [-0.1, -0.05) is 23.2 Å². The van der Waals surface area contributed by atoms with Crippen LogP contribution in [0.1, 0.15) is 26.2 Å². The molecule has 0 aliphatic heterocycles. The van der Waals surface area contributed by atoms with E-state index in [4.69, 9.17) is 33.0 Å². The lowest BCUT2D eigenvalue weighted by atomic mass is 10.0. The van der Waals surface area contributed by atoms with Crippen molar-refractivity contribution >= 4 is 29.1 Å². The van der Waals surface area contributed by atoms with Crippen LogP contribution in [0.25, 0.3) is 0 Å². The van der Waals surface area contributed by atoms with Crippen LogP contribution in [0.2, 0.25) is 10.0 Å². The molecule has 1 atom stereocenters. The standard InChI is InChI=1S/C15H19Cl2NO3/c1-10(21-13-3-2-11(16)8-12(13)17)14(20)18-9-15(4-5-15)6-7-19/h2-3,8,10,19H,4-7,9H2,1H3,(H,18,20). The van der Waals surface area contributed by atoms with Gasteiger partial charge in [0.15, 0.2) is 6.10 Å². The van der Waals surface area contributed by atoms with Crippen LogP contribution >= 0.6 is 23.2 Å². The van der Waals surface area contributed by atoms with Crippen LogP contribution in [0.3, 0.4) is 0 Å². The fourth-order valence-electron chi connectivity index (χ4n) is 2.16. The molecule has 0 heterocycles. The van der Waals surface area contributed by atoms with Gasteiger partial charge in [-0.25, -0.2) is 0 Å². The van der Waals surface area contributed by atoms with Gasteiger partial charge in [0.1, 0.15) is 5.75 Å². The maximum atomic E-state index is 12.0. The zero-order valence-electron chi connectivity index (χ0n) is 11.9.